The molecule has 6 atom stereocenters. The number of hydrogen-bond donors (Lipinski definition) is 5. The summed E-state index contributed by atoms with van der Waals surface area (Å²) in [6.07, 6.45) is -0.488. The van der Waals surface area contributed by atoms with Crippen LogP contribution in [0, 0.1) is 11.8 Å². The van der Waals surface area contributed by atoms with Crippen molar-refractivity contribution in [1.29, 1.82) is 0 Å². The molecule has 2 aromatic rings. The number of amides is 2. The van der Waals surface area contributed by atoms with E-state index >= 15 is 0 Å². The van der Waals surface area contributed by atoms with Crippen LogP contribution in [0.25, 0.3) is 0 Å². The molecule has 216 valence electrons. The number of hydrogen-bond acceptors (Lipinski definition) is 8. The fraction of sp³-hybridized carbons (Fsp3) is 0.379. The minimum Gasteiger partial charge on any atom is -0.478 e. The summed E-state index contributed by atoms with van der Waals surface area (Å²) in [5, 5.41) is 32.2. The Hall–Kier alpha value is -3.87. The zero-order valence-electron chi connectivity index (χ0n) is 22.6. The standard InChI is InChI=1S/C29H32N4O7S/c1-14-23-22(15(2)34)27(36)33(23)24(29(39)40)25(14)41-20-11-21(32(13-20)12-16-5-3-7-18(30)9-16)26(35)31-19-8-4-6-17(10-19)28(37)38/h3-10,14-15,20-23,34H,11-13,30H2,1-2H3,(H,31,35)(H,37,38)(H,39,40)/t14-,15-,20+,21+,22-,23-/m1/s1. The molecule has 3 aliphatic heterocycles. The van der Waals surface area contributed by atoms with Gasteiger partial charge in [-0.15, -0.1) is 11.8 Å². The number of aromatic carboxylic acids is 1. The van der Waals surface area contributed by atoms with Gasteiger partial charge in [-0.25, -0.2) is 9.59 Å². The summed E-state index contributed by atoms with van der Waals surface area (Å²) in [4.78, 5) is 53.8. The van der Waals surface area contributed by atoms with Crippen LogP contribution >= 0.6 is 11.8 Å². The van der Waals surface area contributed by atoms with Crippen molar-refractivity contribution in [2.24, 2.45) is 11.8 Å². The molecule has 41 heavy (non-hydrogen) atoms. The Morgan fingerprint density at radius 3 is 2.51 bits per heavy atom. The van der Waals surface area contributed by atoms with Gasteiger partial charge in [0.25, 0.3) is 0 Å². The van der Waals surface area contributed by atoms with E-state index in [2.05, 4.69) is 5.32 Å². The molecule has 3 aliphatic rings. The van der Waals surface area contributed by atoms with Gasteiger partial charge in [0.2, 0.25) is 11.8 Å². The number of aliphatic carboxylic acids is 1. The number of likely N-dealkylation sites (tertiary alicyclic amines) is 1. The predicted octanol–water partition coefficient (Wildman–Crippen LogP) is 2.44. The van der Waals surface area contributed by atoms with E-state index in [4.69, 9.17) is 5.73 Å². The highest BCUT2D eigenvalue weighted by atomic mass is 32.2. The van der Waals surface area contributed by atoms with Crippen molar-refractivity contribution in [3.63, 3.8) is 0 Å². The van der Waals surface area contributed by atoms with E-state index in [-0.39, 0.29) is 34.2 Å². The van der Waals surface area contributed by atoms with Gasteiger partial charge < -0.3 is 31.3 Å². The maximum atomic E-state index is 13.5. The molecule has 11 nitrogen and oxygen atoms in total. The topological polar surface area (TPSA) is 174 Å². The fourth-order valence-corrected chi connectivity index (χ4v) is 7.69. The number of β-lactam (4-membered cyclic amide) rings is 1. The molecule has 12 heteroatoms. The average Bonchev–Trinajstić information content (AvgIpc) is 3.40. The van der Waals surface area contributed by atoms with Gasteiger partial charge in [-0.1, -0.05) is 25.1 Å². The summed E-state index contributed by atoms with van der Waals surface area (Å²) in [6.45, 7) is 4.30. The maximum Gasteiger partial charge on any atom is 0.353 e. The number of nitrogens with one attached hydrogen (secondary N) is 1. The monoisotopic (exact) mass is 580 g/mol. The van der Waals surface area contributed by atoms with E-state index in [1.165, 1.54) is 28.8 Å². The van der Waals surface area contributed by atoms with Crippen LogP contribution in [0.2, 0.25) is 0 Å². The molecule has 0 radical (unpaired) electrons. The van der Waals surface area contributed by atoms with Crippen molar-refractivity contribution in [1.82, 2.24) is 9.80 Å². The Morgan fingerprint density at radius 2 is 1.85 bits per heavy atom. The number of thioether (sulfide) groups is 1. The first-order chi connectivity index (χ1) is 19.5. The third-order valence-electron chi connectivity index (χ3n) is 7.99. The molecule has 0 aliphatic carbocycles. The molecule has 2 fully saturated rings. The number of fused-ring (bicyclic) bond motifs is 1. The van der Waals surface area contributed by atoms with Gasteiger partial charge >= 0.3 is 11.9 Å². The van der Waals surface area contributed by atoms with Gasteiger partial charge in [0.1, 0.15) is 5.70 Å². The van der Waals surface area contributed by atoms with E-state index in [1.807, 2.05) is 30.0 Å². The van der Waals surface area contributed by atoms with Crippen LogP contribution in [0.15, 0.2) is 59.1 Å². The van der Waals surface area contributed by atoms with E-state index in [0.717, 1.165) is 5.56 Å². The summed E-state index contributed by atoms with van der Waals surface area (Å²) in [7, 11) is 0. The highest BCUT2D eigenvalue weighted by molar-refractivity contribution is 8.03. The summed E-state index contributed by atoms with van der Waals surface area (Å²) >= 11 is 1.37. The Balaban J connectivity index is 1.39. The Labute approximate surface area is 241 Å². The van der Waals surface area contributed by atoms with Crippen LogP contribution < -0.4 is 11.1 Å². The van der Waals surface area contributed by atoms with Crippen LogP contribution in [0.3, 0.4) is 0 Å². The van der Waals surface area contributed by atoms with Gasteiger partial charge in [-0.3, -0.25) is 14.5 Å². The summed E-state index contributed by atoms with van der Waals surface area (Å²) in [6, 6.07) is 12.4. The molecule has 5 rings (SSSR count). The Bertz CT molecular complexity index is 1440. The third kappa shape index (κ3) is 5.42. The highest BCUT2D eigenvalue weighted by Gasteiger charge is 2.60. The number of carboxylic acid groups (broad SMARTS) is 2. The van der Waals surface area contributed by atoms with Gasteiger partial charge in [-0.2, -0.15) is 0 Å². The minimum absolute atomic E-state index is 0.0461. The van der Waals surface area contributed by atoms with Gasteiger partial charge in [0, 0.05) is 40.5 Å². The van der Waals surface area contributed by atoms with Crippen LogP contribution in [0.1, 0.15) is 36.2 Å². The fourth-order valence-electron chi connectivity index (χ4n) is 6.13. The number of anilines is 2. The quantitative estimate of drug-likeness (QED) is 0.219. The van der Waals surface area contributed by atoms with E-state index in [9.17, 15) is 34.5 Å². The third-order valence-corrected chi connectivity index (χ3v) is 9.48. The normalized spacial score (nSPS) is 26.5. The van der Waals surface area contributed by atoms with Crippen LogP contribution in [0.5, 0.6) is 0 Å². The van der Waals surface area contributed by atoms with Crippen LogP contribution in [0.4, 0.5) is 11.4 Å². The zero-order valence-corrected chi connectivity index (χ0v) is 23.4. The van der Waals surface area contributed by atoms with Crippen molar-refractivity contribution in [3.8, 4) is 0 Å². The average molecular weight is 581 g/mol. The first-order valence-electron chi connectivity index (χ1n) is 13.3. The summed E-state index contributed by atoms with van der Waals surface area (Å²) in [5.41, 5.74) is 7.85. The van der Waals surface area contributed by atoms with Crippen molar-refractivity contribution >= 4 is 46.9 Å². The van der Waals surface area contributed by atoms with Crippen molar-refractivity contribution in [2.45, 2.75) is 50.3 Å². The number of nitrogen functional groups attached to an aromatic ring is 1. The number of aliphatic hydroxyl groups excluding tert-OH is 1. The summed E-state index contributed by atoms with van der Waals surface area (Å²) < 4.78 is 0. The molecule has 0 spiro atoms. The number of nitrogens with two attached hydrogens (primary N) is 1. The number of rotatable bonds is 9. The van der Waals surface area contributed by atoms with Crippen LogP contribution in [-0.2, 0) is 20.9 Å². The van der Waals surface area contributed by atoms with Crippen molar-refractivity contribution in [3.05, 3.63) is 70.3 Å². The first kappa shape index (κ1) is 28.7. The largest absolute Gasteiger partial charge is 0.478 e. The van der Waals surface area contributed by atoms with E-state index < -0.39 is 36.0 Å². The summed E-state index contributed by atoms with van der Waals surface area (Å²) in [5.74, 6) is -3.92. The Morgan fingerprint density at radius 1 is 1.12 bits per heavy atom. The number of benzene rings is 2. The molecule has 6 N–H and O–H groups in total. The van der Waals surface area contributed by atoms with Crippen LogP contribution in [-0.4, -0.2) is 78.9 Å². The SMILES string of the molecule is C[C@@H](O)[C@H]1C(=O)N2C(C(=O)O)=C(S[C@H]3C[C@@H](C(=O)Nc4cccc(C(=O)O)c4)N(Cc4cccc(N)c4)C3)[C@H](C)[C@H]12. The zero-order chi connectivity index (χ0) is 29.6. The molecule has 0 unspecified atom stereocenters. The van der Waals surface area contributed by atoms with Gasteiger partial charge in [0.05, 0.1) is 29.7 Å². The first-order valence-corrected chi connectivity index (χ1v) is 14.2. The molecule has 2 saturated heterocycles. The lowest BCUT2D eigenvalue weighted by Crippen LogP contribution is -2.63. The molecular formula is C29H32N4O7S. The number of carboxylic acids is 2. The highest BCUT2D eigenvalue weighted by Crippen LogP contribution is 2.52. The second kappa shape index (κ2) is 11.2. The Kier molecular flexibility index (Phi) is 7.82. The number of carbonyl (C=O) groups excluding carboxylic acids is 2. The lowest BCUT2D eigenvalue weighted by atomic mass is 9.79. The molecule has 2 aromatic carbocycles. The van der Waals surface area contributed by atoms with Crippen molar-refractivity contribution < 1.29 is 34.5 Å². The molecule has 0 bridgehead atoms. The van der Waals surface area contributed by atoms with Gasteiger partial charge in [0.15, 0.2) is 0 Å². The maximum absolute atomic E-state index is 13.5. The number of aliphatic hydroxyl groups is 1. The smallest absolute Gasteiger partial charge is 0.353 e. The lowest BCUT2D eigenvalue weighted by Gasteiger charge is -2.46. The van der Waals surface area contributed by atoms with E-state index in [0.29, 0.717) is 35.8 Å². The molecule has 2 amide bonds. The van der Waals surface area contributed by atoms with E-state index in [1.54, 1.807) is 25.1 Å². The molecular weight excluding hydrogens is 548 g/mol. The molecule has 0 aromatic heterocycles. The van der Waals surface area contributed by atoms with Gasteiger partial charge in [-0.05, 0) is 49.2 Å². The predicted molar refractivity (Wildman–Crippen MR) is 153 cm³/mol. The number of carbonyl (C=O) groups is 4. The lowest BCUT2D eigenvalue weighted by molar-refractivity contribution is -0.163. The number of nitrogens with zero attached hydrogens (tertiary/aromatic N) is 2. The second-order valence-electron chi connectivity index (χ2n) is 10.8. The molecule has 0 saturated carbocycles. The second-order valence-corrected chi connectivity index (χ2v) is 12.2. The van der Waals surface area contributed by atoms with Crippen molar-refractivity contribution in [2.75, 3.05) is 17.6 Å². The molecule has 3 heterocycles. The minimum atomic E-state index is -1.19.